The molecule has 0 bridgehead atoms. The zero-order valence-electron chi connectivity index (χ0n) is 7.44. The molecule has 1 heterocycles. The predicted octanol–water partition coefficient (Wildman–Crippen LogP) is 2.09. The molecule has 2 rings (SSSR count). The number of H-pyrrole nitrogens is 1. The summed E-state index contributed by atoms with van der Waals surface area (Å²) >= 11 is 0. The maximum Gasteiger partial charge on any atom is 0.273 e. The maximum atomic E-state index is 10.6. The van der Waals surface area contributed by atoms with Crippen LogP contribution in [0.1, 0.15) is 5.56 Å². The first-order valence-electron chi connectivity index (χ1n) is 4.04. The smallest absolute Gasteiger partial charge is 0.273 e. The third kappa shape index (κ3) is 1.10. The summed E-state index contributed by atoms with van der Waals surface area (Å²) in [5.74, 6) is -0.0388. The second-order valence-corrected chi connectivity index (χ2v) is 3.12. The van der Waals surface area contributed by atoms with Crippen LogP contribution in [0.15, 0.2) is 18.3 Å². The van der Waals surface area contributed by atoms with Crippen molar-refractivity contribution in [1.82, 2.24) is 4.98 Å². The molecular formula is C9H8N2O3. The Morgan fingerprint density at radius 3 is 2.86 bits per heavy atom. The number of aromatic hydroxyl groups is 1. The Morgan fingerprint density at radius 1 is 1.50 bits per heavy atom. The average molecular weight is 192 g/mol. The van der Waals surface area contributed by atoms with E-state index in [0.717, 1.165) is 5.39 Å². The highest BCUT2D eigenvalue weighted by molar-refractivity contribution is 5.90. The van der Waals surface area contributed by atoms with Gasteiger partial charge in [-0.3, -0.25) is 10.1 Å². The number of nitrogens with zero attached hydrogens (tertiary/aromatic N) is 1. The highest BCUT2D eigenvalue weighted by Crippen LogP contribution is 2.30. The van der Waals surface area contributed by atoms with Crippen LogP contribution < -0.4 is 0 Å². The molecule has 0 spiro atoms. The predicted molar refractivity (Wildman–Crippen MR) is 51.4 cm³/mol. The molecule has 5 heteroatoms. The van der Waals surface area contributed by atoms with Crippen molar-refractivity contribution in [1.29, 1.82) is 0 Å². The van der Waals surface area contributed by atoms with Crippen molar-refractivity contribution in [3.8, 4) is 5.88 Å². The van der Waals surface area contributed by atoms with Crippen LogP contribution in [0.5, 0.6) is 5.88 Å². The number of aryl methyl sites for hydroxylation is 1. The van der Waals surface area contributed by atoms with E-state index in [0.29, 0.717) is 10.9 Å². The van der Waals surface area contributed by atoms with Gasteiger partial charge in [-0.1, -0.05) is 0 Å². The van der Waals surface area contributed by atoms with Gasteiger partial charge in [0.1, 0.15) is 0 Å². The number of hydrogen-bond acceptors (Lipinski definition) is 3. The van der Waals surface area contributed by atoms with Crippen LogP contribution >= 0.6 is 0 Å². The zero-order chi connectivity index (χ0) is 10.3. The lowest BCUT2D eigenvalue weighted by Gasteiger charge is -1.97. The van der Waals surface area contributed by atoms with Crippen molar-refractivity contribution >= 4 is 16.5 Å². The quantitative estimate of drug-likeness (QED) is 0.536. The van der Waals surface area contributed by atoms with Crippen LogP contribution in [-0.2, 0) is 0 Å². The van der Waals surface area contributed by atoms with Gasteiger partial charge >= 0.3 is 0 Å². The molecule has 2 N–H and O–H groups in total. The van der Waals surface area contributed by atoms with Gasteiger partial charge in [-0.2, -0.15) is 0 Å². The Balaban J connectivity index is 2.80. The van der Waals surface area contributed by atoms with E-state index >= 15 is 0 Å². The summed E-state index contributed by atoms with van der Waals surface area (Å²) in [7, 11) is 0. The number of nitro benzene ring substituents is 1. The van der Waals surface area contributed by atoms with Crippen molar-refractivity contribution < 1.29 is 10.0 Å². The first-order chi connectivity index (χ1) is 6.59. The molecule has 0 fully saturated rings. The van der Waals surface area contributed by atoms with Crippen LogP contribution in [0.25, 0.3) is 10.8 Å². The summed E-state index contributed by atoms with van der Waals surface area (Å²) in [5.41, 5.74) is 0.605. The first kappa shape index (κ1) is 8.55. The molecule has 0 unspecified atom stereocenters. The second kappa shape index (κ2) is 2.73. The van der Waals surface area contributed by atoms with Crippen molar-refractivity contribution in [2.75, 3.05) is 0 Å². The Kier molecular flexibility index (Phi) is 1.67. The molecule has 0 aliphatic rings. The number of aromatic nitrogens is 1. The minimum absolute atomic E-state index is 0.0207. The van der Waals surface area contributed by atoms with E-state index < -0.39 is 4.92 Å². The van der Waals surface area contributed by atoms with E-state index in [-0.39, 0.29) is 11.6 Å². The molecular weight excluding hydrogens is 184 g/mol. The molecule has 0 radical (unpaired) electrons. The number of aromatic amines is 1. The van der Waals surface area contributed by atoms with E-state index in [1.807, 2.05) is 0 Å². The van der Waals surface area contributed by atoms with Gasteiger partial charge in [0.15, 0.2) is 5.88 Å². The molecule has 1 aromatic carbocycles. The molecule has 0 saturated heterocycles. The summed E-state index contributed by atoms with van der Waals surface area (Å²) in [5, 5.41) is 21.2. The fraction of sp³-hybridized carbons (Fsp3) is 0.111. The molecule has 0 atom stereocenters. The average Bonchev–Trinajstić information content (AvgIpc) is 2.46. The Labute approximate surface area is 79.1 Å². The summed E-state index contributed by atoms with van der Waals surface area (Å²) in [4.78, 5) is 12.8. The molecule has 0 aliphatic carbocycles. The van der Waals surface area contributed by atoms with Crippen LogP contribution in [-0.4, -0.2) is 15.0 Å². The van der Waals surface area contributed by atoms with Gasteiger partial charge in [-0.25, -0.2) is 0 Å². The van der Waals surface area contributed by atoms with Crippen LogP contribution in [0, 0.1) is 17.0 Å². The molecule has 0 aliphatic heterocycles. The zero-order valence-corrected chi connectivity index (χ0v) is 7.44. The molecule has 1 aromatic heterocycles. The summed E-state index contributed by atoms with van der Waals surface area (Å²) in [6.07, 6.45) is 1.61. The van der Waals surface area contributed by atoms with Crippen LogP contribution in [0.4, 0.5) is 5.69 Å². The third-order valence-electron chi connectivity index (χ3n) is 2.18. The Hall–Kier alpha value is -2.04. The Bertz CT molecular complexity index is 516. The second-order valence-electron chi connectivity index (χ2n) is 3.12. The van der Waals surface area contributed by atoms with Gasteiger partial charge in [-0.05, 0) is 13.0 Å². The van der Waals surface area contributed by atoms with E-state index in [2.05, 4.69) is 4.98 Å². The highest BCUT2D eigenvalue weighted by Gasteiger charge is 2.13. The summed E-state index contributed by atoms with van der Waals surface area (Å²) in [6, 6.07) is 3.04. The van der Waals surface area contributed by atoms with Gasteiger partial charge in [0.2, 0.25) is 0 Å². The number of fused-ring (bicyclic) bond motifs is 1. The number of rotatable bonds is 1. The van der Waals surface area contributed by atoms with Crippen molar-refractivity contribution in [2.24, 2.45) is 0 Å². The lowest BCUT2D eigenvalue weighted by atomic mass is 10.1. The van der Waals surface area contributed by atoms with Crippen molar-refractivity contribution in [3.05, 3.63) is 34.0 Å². The number of nitrogens with one attached hydrogen (secondary N) is 1. The van der Waals surface area contributed by atoms with Gasteiger partial charge in [0.05, 0.1) is 4.92 Å². The van der Waals surface area contributed by atoms with E-state index in [1.54, 1.807) is 19.2 Å². The van der Waals surface area contributed by atoms with Gasteiger partial charge in [-0.15, -0.1) is 0 Å². The molecule has 0 amide bonds. The number of hydrogen-bond donors (Lipinski definition) is 2. The van der Waals surface area contributed by atoms with Crippen LogP contribution in [0.3, 0.4) is 0 Å². The minimum atomic E-state index is -0.457. The number of nitro groups is 1. The van der Waals surface area contributed by atoms with E-state index in [1.165, 1.54) is 6.07 Å². The third-order valence-corrected chi connectivity index (χ3v) is 2.18. The van der Waals surface area contributed by atoms with Gasteiger partial charge in [0, 0.05) is 28.6 Å². The topological polar surface area (TPSA) is 79.2 Å². The van der Waals surface area contributed by atoms with Crippen LogP contribution in [0.2, 0.25) is 0 Å². The highest BCUT2D eigenvalue weighted by atomic mass is 16.6. The number of benzene rings is 1. The van der Waals surface area contributed by atoms with Gasteiger partial charge < -0.3 is 10.1 Å². The monoisotopic (exact) mass is 192 g/mol. The van der Waals surface area contributed by atoms with Crippen molar-refractivity contribution in [2.45, 2.75) is 6.92 Å². The molecule has 2 aromatic rings. The lowest BCUT2D eigenvalue weighted by Crippen LogP contribution is -1.90. The Morgan fingerprint density at radius 2 is 2.21 bits per heavy atom. The standard InChI is InChI=1S/C9H8N2O3/c1-5-2-6-4-10-9(12)7(6)3-8(5)11(13)14/h2-4,10,12H,1H3. The van der Waals surface area contributed by atoms with E-state index in [4.69, 9.17) is 0 Å². The minimum Gasteiger partial charge on any atom is -0.494 e. The fourth-order valence-electron chi connectivity index (χ4n) is 1.46. The molecule has 5 nitrogen and oxygen atoms in total. The summed E-state index contributed by atoms with van der Waals surface area (Å²) < 4.78 is 0. The molecule has 72 valence electrons. The van der Waals surface area contributed by atoms with Gasteiger partial charge in [0.25, 0.3) is 5.69 Å². The molecule has 0 saturated carbocycles. The summed E-state index contributed by atoms with van der Waals surface area (Å²) in [6.45, 7) is 1.67. The first-order valence-corrected chi connectivity index (χ1v) is 4.04. The fourth-order valence-corrected chi connectivity index (χ4v) is 1.46. The van der Waals surface area contributed by atoms with E-state index in [9.17, 15) is 15.2 Å². The SMILES string of the molecule is Cc1cc2c[nH]c(O)c2cc1[N+](=O)[O-]. The normalized spacial score (nSPS) is 10.6. The van der Waals surface area contributed by atoms with Crippen molar-refractivity contribution in [3.63, 3.8) is 0 Å². The lowest BCUT2D eigenvalue weighted by molar-refractivity contribution is -0.385. The molecule has 14 heavy (non-hydrogen) atoms. The maximum absolute atomic E-state index is 10.6. The largest absolute Gasteiger partial charge is 0.494 e.